The lowest BCUT2D eigenvalue weighted by Gasteiger charge is -2.36. The molecule has 9 heteroatoms. The van der Waals surface area contributed by atoms with Gasteiger partial charge in [-0.3, -0.25) is 4.21 Å². The number of hydrogen-bond acceptors (Lipinski definition) is 7. The highest BCUT2D eigenvalue weighted by molar-refractivity contribution is 9.10. The number of aliphatic hydroxyl groups is 1. The number of nitrogens with one attached hydrogen (secondary N) is 1. The van der Waals surface area contributed by atoms with Gasteiger partial charge < -0.3 is 20.2 Å². The van der Waals surface area contributed by atoms with Gasteiger partial charge >= 0.3 is 0 Å². The van der Waals surface area contributed by atoms with Gasteiger partial charge in [0.05, 0.1) is 34.7 Å². The monoisotopic (exact) mass is 489 g/mol. The van der Waals surface area contributed by atoms with E-state index in [0.29, 0.717) is 23.7 Å². The van der Waals surface area contributed by atoms with E-state index in [2.05, 4.69) is 55.3 Å². The van der Waals surface area contributed by atoms with Crippen LogP contribution in [0.4, 0.5) is 17.5 Å². The van der Waals surface area contributed by atoms with E-state index in [4.69, 9.17) is 9.97 Å². The molecule has 1 aliphatic carbocycles. The summed E-state index contributed by atoms with van der Waals surface area (Å²) in [6.45, 7) is 1.93. The highest BCUT2D eigenvalue weighted by Crippen LogP contribution is 2.42. The van der Waals surface area contributed by atoms with Gasteiger partial charge in [0.15, 0.2) is 0 Å². The Hall–Kier alpha value is -1.71. The fourth-order valence-electron chi connectivity index (χ4n) is 4.98. The number of piperazine rings is 1. The minimum atomic E-state index is -1.06. The zero-order valence-corrected chi connectivity index (χ0v) is 19.0. The van der Waals surface area contributed by atoms with Crippen LogP contribution in [0.25, 0.3) is 0 Å². The SMILES string of the molecule is O=S1CCc2nc(N3CC4CC3CN4c3ccc(Br)cc3)nc(NC3(CO)CC3)c21. The van der Waals surface area contributed by atoms with Gasteiger partial charge in [-0.2, -0.15) is 4.98 Å². The van der Waals surface area contributed by atoms with Crippen molar-refractivity contribution < 1.29 is 9.32 Å². The van der Waals surface area contributed by atoms with Crippen LogP contribution in [0.5, 0.6) is 0 Å². The average Bonchev–Trinajstić information content (AvgIpc) is 3.07. The summed E-state index contributed by atoms with van der Waals surface area (Å²) >= 11 is 3.51. The van der Waals surface area contributed by atoms with E-state index in [9.17, 15) is 9.32 Å². The molecule has 3 unspecified atom stereocenters. The molecule has 0 spiro atoms. The largest absolute Gasteiger partial charge is 0.394 e. The van der Waals surface area contributed by atoms with E-state index in [1.54, 1.807) is 0 Å². The average molecular weight is 490 g/mol. The lowest BCUT2D eigenvalue weighted by Crippen LogP contribution is -2.47. The van der Waals surface area contributed by atoms with Crippen molar-refractivity contribution in [2.45, 2.75) is 48.2 Å². The summed E-state index contributed by atoms with van der Waals surface area (Å²) in [6.07, 6.45) is 3.67. The van der Waals surface area contributed by atoms with Crippen LogP contribution in [-0.4, -0.2) is 62.4 Å². The summed E-state index contributed by atoms with van der Waals surface area (Å²) in [5.41, 5.74) is 1.87. The van der Waals surface area contributed by atoms with Crippen LogP contribution in [0.3, 0.4) is 0 Å². The lowest BCUT2D eigenvalue weighted by atomic mass is 10.2. The predicted molar refractivity (Wildman–Crippen MR) is 121 cm³/mol. The highest BCUT2D eigenvalue weighted by atomic mass is 79.9. The van der Waals surface area contributed by atoms with E-state index in [0.717, 1.165) is 59.8 Å². The molecule has 2 N–H and O–H groups in total. The molecule has 4 heterocycles. The molecular weight excluding hydrogens is 466 g/mol. The Balaban J connectivity index is 1.28. The van der Waals surface area contributed by atoms with Gasteiger partial charge in [-0.15, -0.1) is 0 Å². The number of nitrogens with zero attached hydrogens (tertiary/aromatic N) is 4. The number of benzene rings is 1. The van der Waals surface area contributed by atoms with Crippen LogP contribution in [0.2, 0.25) is 0 Å². The topological polar surface area (TPSA) is 81.6 Å². The second-order valence-electron chi connectivity index (χ2n) is 8.84. The molecule has 1 aromatic carbocycles. The molecule has 0 amide bonds. The second kappa shape index (κ2) is 6.90. The van der Waals surface area contributed by atoms with Gasteiger partial charge in [0, 0.05) is 41.5 Å². The number of aliphatic hydroxyl groups excluding tert-OH is 1. The molecule has 7 nitrogen and oxygen atoms in total. The maximum Gasteiger partial charge on any atom is 0.227 e. The van der Waals surface area contributed by atoms with Crippen LogP contribution < -0.4 is 15.1 Å². The predicted octanol–water partition coefficient (Wildman–Crippen LogP) is 2.31. The molecule has 158 valence electrons. The van der Waals surface area contributed by atoms with Crippen LogP contribution in [0.15, 0.2) is 33.6 Å². The third-order valence-electron chi connectivity index (χ3n) is 6.87. The van der Waals surface area contributed by atoms with Crippen LogP contribution in [0, 0.1) is 0 Å². The first-order valence-electron chi connectivity index (χ1n) is 10.5. The normalized spacial score (nSPS) is 28.1. The number of aromatic nitrogens is 2. The van der Waals surface area contributed by atoms with Crippen molar-refractivity contribution in [2.24, 2.45) is 0 Å². The second-order valence-corrected chi connectivity index (χ2v) is 11.3. The molecule has 2 bridgehead atoms. The van der Waals surface area contributed by atoms with Crippen LogP contribution >= 0.6 is 15.9 Å². The number of halogens is 1. The Bertz CT molecular complexity index is 1030. The Morgan fingerprint density at radius 2 is 1.90 bits per heavy atom. The molecule has 0 radical (unpaired) electrons. The Labute approximate surface area is 186 Å². The van der Waals surface area contributed by atoms with Crippen molar-refractivity contribution in [1.29, 1.82) is 0 Å². The lowest BCUT2D eigenvalue weighted by molar-refractivity contribution is 0.265. The van der Waals surface area contributed by atoms with Crippen molar-refractivity contribution >= 4 is 44.2 Å². The van der Waals surface area contributed by atoms with E-state index < -0.39 is 10.8 Å². The van der Waals surface area contributed by atoms with E-state index in [-0.39, 0.29) is 12.1 Å². The first-order chi connectivity index (χ1) is 14.5. The number of hydrogen-bond donors (Lipinski definition) is 2. The fourth-order valence-corrected chi connectivity index (χ4v) is 6.55. The summed E-state index contributed by atoms with van der Waals surface area (Å²) in [5.74, 6) is 2.02. The number of aryl methyl sites for hydroxylation is 1. The zero-order chi connectivity index (χ0) is 20.5. The first-order valence-corrected chi connectivity index (χ1v) is 12.6. The fraction of sp³-hybridized carbons (Fsp3) is 0.524. The number of rotatable bonds is 5. The van der Waals surface area contributed by atoms with Gasteiger partial charge in [-0.1, -0.05) is 15.9 Å². The summed E-state index contributed by atoms with van der Waals surface area (Å²) in [5, 5.41) is 13.2. The van der Waals surface area contributed by atoms with Gasteiger partial charge in [0.25, 0.3) is 0 Å². The summed E-state index contributed by atoms with van der Waals surface area (Å²) < 4.78 is 13.7. The molecular formula is C21H24BrN5O2S. The Morgan fingerprint density at radius 3 is 2.57 bits per heavy atom. The third kappa shape index (κ3) is 3.05. The minimum Gasteiger partial charge on any atom is -0.394 e. The van der Waals surface area contributed by atoms with E-state index >= 15 is 0 Å². The van der Waals surface area contributed by atoms with Gasteiger partial charge in [0.2, 0.25) is 5.95 Å². The summed E-state index contributed by atoms with van der Waals surface area (Å²) in [6, 6.07) is 9.35. The molecule has 30 heavy (non-hydrogen) atoms. The van der Waals surface area contributed by atoms with Crippen molar-refractivity contribution in [3.05, 3.63) is 34.4 Å². The number of anilines is 3. The summed E-state index contributed by atoms with van der Waals surface area (Å²) in [4.78, 5) is 15.3. The van der Waals surface area contributed by atoms with Gasteiger partial charge in [-0.25, -0.2) is 4.98 Å². The van der Waals surface area contributed by atoms with Crippen molar-refractivity contribution in [2.75, 3.05) is 40.6 Å². The highest BCUT2D eigenvalue weighted by Gasteiger charge is 2.46. The zero-order valence-electron chi connectivity index (χ0n) is 16.6. The van der Waals surface area contributed by atoms with Crippen molar-refractivity contribution in [3.8, 4) is 0 Å². The maximum absolute atomic E-state index is 12.6. The standard InChI is InChI=1S/C21H24BrN5O2S/c22-13-1-3-14(4-2-13)26-10-16-9-15(26)11-27(16)20-23-17-5-8-30(29)18(17)19(24-20)25-21(12-28)6-7-21/h1-4,15-16,28H,5-12H2,(H,23,24,25). The molecule has 3 aliphatic heterocycles. The maximum atomic E-state index is 12.6. The molecule has 6 rings (SSSR count). The molecule has 3 atom stereocenters. The smallest absolute Gasteiger partial charge is 0.227 e. The molecule has 4 aliphatic rings. The van der Waals surface area contributed by atoms with E-state index in [1.807, 2.05) is 0 Å². The van der Waals surface area contributed by atoms with Crippen molar-refractivity contribution in [3.63, 3.8) is 0 Å². The van der Waals surface area contributed by atoms with Crippen LogP contribution in [0.1, 0.15) is 25.0 Å². The molecule has 1 saturated carbocycles. The number of fused-ring (bicyclic) bond motifs is 3. The molecule has 2 saturated heterocycles. The summed E-state index contributed by atoms with van der Waals surface area (Å²) in [7, 11) is -1.06. The van der Waals surface area contributed by atoms with Gasteiger partial charge in [-0.05, 0) is 43.5 Å². The molecule has 2 aromatic rings. The Morgan fingerprint density at radius 1 is 1.17 bits per heavy atom. The third-order valence-corrected chi connectivity index (χ3v) is 8.86. The van der Waals surface area contributed by atoms with Crippen LogP contribution in [-0.2, 0) is 17.2 Å². The molecule has 1 aromatic heterocycles. The van der Waals surface area contributed by atoms with Gasteiger partial charge in [0.1, 0.15) is 10.7 Å². The first kappa shape index (κ1) is 19.0. The Kier molecular flexibility index (Phi) is 4.37. The quantitative estimate of drug-likeness (QED) is 0.666. The minimum absolute atomic E-state index is 0.0737. The van der Waals surface area contributed by atoms with Crippen molar-refractivity contribution in [1.82, 2.24) is 9.97 Å². The molecule has 3 fully saturated rings. The van der Waals surface area contributed by atoms with E-state index in [1.165, 1.54) is 5.69 Å².